The Bertz CT molecular complexity index is 579. The van der Waals surface area contributed by atoms with E-state index in [2.05, 4.69) is 15.9 Å². The van der Waals surface area contributed by atoms with Gasteiger partial charge in [-0.3, -0.25) is 4.79 Å². The van der Waals surface area contributed by atoms with Gasteiger partial charge < -0.3 is 9.32 Å². The first-order valence-corrected chi connectivity index (χ1v) is 6.55. The summed E-state index contributed by atoms with van der Waals surface area (Å²) in [6, 6.07) is 7.58. The van der Waals surface area contributed by atoms with E-state index in [4.69, 9.17) is 4.42 Å². The normalized spacial score (nSPS) is 12.2. The highest BCUT2D eigenvalue weighted by Gasteiger charge is 2.22. The SMILES string of the molecule is CC(c1ccc(F)cc1)N(C)C(=O)c1ccoc1Br. The van der Waals surface area contributed by atoms with Crippen molar-refractivity contribution in [1.82, 2.24) is 4.90 Å². The van der Waals surface area contributed by atoms with E-state index in [9.17, 15) is 9.18 Å². The summed E-state index contributed by atoms with van der Waals surface area (Å²) >= 11 is 3.19. The molecule has 1 heterocycles. The van der Waals surface area contributed by atoms with E-state index in [1.54, 1.807) is 30.1 Å². The van der Waals surface area contributed by atoms with Crippen molar-refractivity contribution in [3.8, 4) is 0 Å². The van der Waals surface area contributed by atoms with E-state index in [1.165, 1.54) is 18.4 Å². The quantitative estimate of drug-likeness (QED) is 0.854. The van der Waals surface area contributed by atoms with Gasteiger partial charge in [0.05, 0.1) is 17.9 Å². The maximum Gasteiger partial charge on any atom is 0.258 e. The lowest BCUT2D eigenvalue weighted by Gasteiger charge is -2.25. The third-order valence-electron chi connectivity index (χ3n) is 3.10. The van der Waals surface area contributed by atoms with Crippen LogP contribution in [-0.4, -0.2) is 17.9 Å². The number of halogens is 2. The summed E-state index contributed by atoms with van der Waals surface area (Å²) in [4.78, 5) is 13.9. The van der Waals surface area contributed by atoms with Crippen molar-refractivity contribution in [2.45, 2.75) is 13.0 Å². The lowest BCUT2D eigenvalue weighted by molar-refractivity contribution is 0.0740. The van der Waals surface area contributed by atoms with Crippen LogP contribution < -0.4 is 0 Å². The number of benzene rings is 1. The zero-order valence-electron chi connectivity index (χ0n) is 10.6. The van der Waals surface area contributed by atoms with Crippen LogP contribution in [0.2, 0.25) is 0 Å². The third kappa shape index (κ3) is 2.87. The van der Waals surface area contributed by atoms with Gasteiger partial charge in [0.1, 0.15) is 5.82 Å². The molecule has 0 saturated heterocycles. The lowest BCUT2D eigenvalue weighted by Crippen LogP contribution is -2.29. The van der Waals surface area contributed by atoms with Gasteiger partial charge in [0.25, 0.3) is 5.91 Å². The van der Waals surface area contributed by atoms with E-state index in [1.807, 2.05) is 6.92 Å². The topological polar surface area (TPSA) is 33.5 Å². The molecule has 100 valence electrons. The minimum Gasteiger partial charge on any atom is -0.457 e. The summed E-state index contributed by atoms with van der Waals surface area (Å²) in [7, 11) is 1.70. The maximum absolute atomic E-state index is 12.9. The molecular weight excluding hydrogens is 313 g/mol. The molecule has 2 aromatic rings. The summed E-state index contributed by atoms with van der Waals surface area (Å²) in [5.41, 5.74) is 1.34. The van der Waals surface area contributed by atoms with Crippen molar-refractivity contribution in [3.63, 3.8) is 0 Å². The van der Waals surface area contributed by atoms with Crippen molar-refractivity contribution in [2.24, 2.45) is 0 Å². The number of carbonyl (C=O) groups is 1. The predicted molar refractivity (Wildman–Crippen MR) is 73.3 cm³/mol. The van der Waals surface area contributed by atoms with E-state index >= 15 is 0 Å². The maximum atomic E-state index is 12.9. The molecular formula is C14H13BrFNO2. The van der Waals surface area contributed by atoms with E-state index in [0.29, 0.717) is 10.2 Å². The molecule has 0 aliphatic heterocycles. The standard InChI is InChI=1S/C14H13BrFNO2/c1-9(10-3-5-11(16)6-4-10)17(2)14(18)12-7-8-19-13(12)15/h3-9H,1-2H3. The van der Waals surface area contributed by atoms with Gasteiger partial charge in [0.15, 0.2) is 4.67 Å². The van der Waals surface area contributed by atoms with Crippen LogP contribution in [0.5, 0.6) is 0 Å². The van der Waals surface area contributed by atoms with Crippen molar-refractivity contribution in [2.75, 3.05) is 7.05 Å². The Morgan fingerprint density at radius 3 is 2.47 bits per heavy atom. The fourth-order valence-electron chi connectivity index (χ4n) is 1.78. The van der Waals surface area contributed by atoms with Crippen LogP contribution in [0.1, 0.15) is 28.9 Å². The van der Waals surface area contributed by atoms with Gasteiger partial charge in [-0.05, 0) is 46.6 Å². The van der Waals surface area contributed by atoms with Crippen LogP contribution in [-0.2, 0) is 0 Å². The van der Waals surface area contributed by atoms with Crippen molar-refractivity contribution in [1.29, 1.82) is 0 Å². The average Bonchev–Trinajstić information content (AvgIpc) is 2.83. The lowest BCUT2D eigenvalue weighted by atomic mass is 10.1. The second-order valence-corrected chi connectivity index (χ2v) is 4.97. The van der Waals surface area contributed by atoms with Crippen LogP contribution in [0.4, 0.5) is 4.39 Å². The third-order valence-corrected chi connectivity index (χ3v) is 3.72. The molecule has 3 nitrogen and oxygen atoms in total. The molecule has 0 bridgehead atoms. The predicted octanol–water partition coefficient (Wildman–Crippen LogP) is 4.01. The van der Waals surface area contributed by atoms with Gasteiger partial charge in [0.2, 0.25) is 0 Å². The molecule has 19 heavy (non-hydrogen) atoms. The van der Waals surface area contributed by atoms with Gasteiger partial charge in [-0.1, -0.05) is 12.1 Å². The smallest absolute Gasteiger partial charge is 0.258 e. The molecule has 0 aliphatic carbocycles. The fourth-order valence-corrected chi connectivity index (χ4v) is 2.19. The first-order chi connectivity index (χ1) is 9.00. The molecule has 1 aromatic heterocycles. The number of furan rings is 1. The van der Waals surface area contributed by atoms with E-state index in [-0.39, 0.29) is 17.8 Å². The Labute approximate surface area is 119 Å². The second-order valence-electron chi connectivity index (χ2n) is 4.25. The van der Waals surface area contributed by atoms with Gasteiger partial charge >= 0.3 is 0 Å². The zero-order chi connectivity index (χ0) is 14.0. The van der Waals surface area contributed by atoms with Crippen molar-refractivity contribution >= 4 is 21.8 Å². The largest absolute Gasteiger partial charge is 0.457 e. The monoisotopic (exact) mass is 325 g/mol. The summed E-state index contributed by atoms with van der Waals surface area (Å²) in [6.45, 7) is 1.89. The molecule has 0 N–H and O–H groups in total. The number of rotatable bonds is 3. The minimum atomic E-state index is -0.289. The van der Waals surface area contributed by atoms with Crippen LogP contribution in [0.15, 0.2) is 45.7 Å². The second kappa shape index (κ2) is 5.57. The van der Waals surface area contributed by atoms with Crippen LogP contribution in [0, 0.1) is 5.82 Å². The van der Waals surface area contributed by atoms with Gasteiger partial charge in [-0.15, -0.1) is 0 Å². The molecule has 5 heteroatoms. The van der Waals surface area contributed by atoms with Gasteiger partial charge in [-0.25, -0.2) is 4.39 Å². The summed E-state index contributed by atoms with van der Waals surface area (Å²) in [5.74, 6) is -0.444. The summed E-state index contributed by atoms with van der Waals surface area (Å²) in [5, 5.41) is 0. The Hall–Kier alpha value is -1.62. The summed E-state index contributed by atoms with van der Waals surface area (Å²) < 4.78 is 18.4. The summed E-state index contributed by atoms with van der Waals surface area (Å²) in [6.07, 6.45) is 1.45. The molecule has 1 amide bonds. The molecule has 0 fully saturated rings. The molecule has 1 aromatic carbocycles. The Balaban J connectivity index is 2.19. The average molecular weight is 326 g/mol. The number of amides is 1. The highest BCUT2D eigenvalue weighted by molar-refractivity contribution is 9.10. The molecule has 0 aliphatic rings. The number of hydrogen-bond acceptors (Lipinski definition) is 2. The minimum absolute atomic E-state index is 0.155. The van der Waals surface area contributed by atoms with Gasteiger partial charge in [-0.2, -0.15) is 0 Å². The Morgan fingerprint density at radius 1 is 1.32 bits per heavy atom. The van der Waals surface area contributed by atoms with E-state index in [0.717, 1.165) is 5.56 Å². The van der Waals surface area contributed by atoms with E-state index < -0.39 is 0 Å². The molecule has 1 unspecified atom stereocenters. The molecule has 2 rings (SSSR count). The number of hydrogen-bond donors (Lipinski definition) is 0. The Kier molecular flexibility index (Phi) is 4.04. The fraction of sp³-hybridized carbons (Fsp3) is 0.214. The van der Waals surface area contributed by atoms with Crippen molar-refractivity contribution < 1.29 is 13.6 Å². The van der Waals surface area contributed by atoms with Crippen molar-refractivity contribution in [3.05, 3.63) is 58.2 Å². The first-order valence-electron chi connectivity index (χ1n) is 5.76. The molecule has 0 saturated carbocycles. The Morgan fingerprint density at radius 2 is 1.95 bits per heavy atom. The van der Waals surface area contributed by atoms with Crippen LogP contribution in [0.3, 0.4) is 0 Å². The molecule has 0 spiro atoms. The highest BCUT2D eigenvalue weighted by Crippen LogP contribution is 2.24. The van der Waals surface area contributed by atoms with Gasteiger partial charge in [0, 0.05) is 7.05 Å². The number of carbonyl (C=O) groups excluding carboxylic acids is 1. The molecule has 0 radical (unpaired) electrons. The van der Waals surface area contributed by atoms with Crippen LogP contribution in [0.25, 0.3) is 0 Å². The highest BCUT2D eigenvalue weighted by atomic mass is 79.9. The number of nitrogens with zero attached hydrogens (tertiary/aromatic N) is 1. The van der Waals surface area contributed by atoms with Crippen LogP contribution >= 0.6 is 15.9 Å². The zero-order valence-corrected chi connectivity index (χ0v) is 12.1. The first kappa shape index (κ1) is 13.8. The molecule has 1 atom stereocenters.